The summed E-state index contributed by atoms with van der Waals surface area (Å²) in [6.07, 6.45) is 0. The number of carboxylic acid groups (broad SMARTS) is 2. The Morgan fingerprint density at radius 3 is 1.48 bits per heavy atom. The maximum absolute atomic E-state index is 11.5. The van der Waals surface area contributed by atoms with E-state index in [1.165, 1.54) is 24.3 Å². The molecule has 29 heavy (non-hydrogen) atoms. The normalized spacial score (nSPS) is 11.2. The number of hydrogen-bond acceptors (Lipinski definition) is 6. The molecule has 0 bridgehead atoms. The lowest BCUT2D eigenvalue weighted by atomic mass is 10.4. The number of benzene rings is 2. The maximum atomic E-state index is 11.5. The summed E-state index contributed by atoms with van der Waals surface area (Å²) in [7, 11) is -7.41. The minimum atomic E-state index is -3.72. The molecule has 0 aliphatic carbocycles. The number of rotatable bonds is 8. The summed E-state index contributed by atoms with van der Waals surface area (Å²) in [5.74, 6) is -2.44. The van der Waals surface area contributed by atoms with Crippen LogP contribution in [0.2, 0.25) is 0 Å². The number of aliphatic carboxylic acids is 2. The highest BCUT2D eigenvalue weighted by Gasteiger charge is 2.15. The molecule has 0 spiro atoms. The van der Waals surface area contributed by atoms with E-state index in [4.69, 9.17) is 10.2 Å². The maximum Gasteiger partial charge on any atom is 0.318 e. The van der Waals surface area contributed by atoms with Gasteiger partial charge in [-0.3, -0.25) is 9.59 Å². The molecule has 0 unspecified atom stereocenters. The van der Waals surface area contributed by atoms with E-state index >= 15 is 0 Å². The average molecular weight is 509 g/mol. The van der Waals surface area contributed by atoms with E-state index in [9.17, 15) is 26.4 Å². The fourth-order valence-corrected chi connectivity index (χ4v) is 3.93. The average Bonchev–Trinajstić information content (AvgIpc) is 2.67. The van der Waals surface area contributed by atoms with Crippen LogP contribution in [0.4, 0.5) is 0 Å². The molecule has 13 heteroatoms. The lowest BCUT2D eigenvalue weighted by Crippen LogP contribution is -2.29. The SMILES string of the molecule is O=C(O)CNS(=O)(=O)c1ccc(Br)cc1.O=C(O)CNS(=O)(=O)c1ccccc1. The van der Waals surface area contributed by atoms with Gasteiger partial charge in [-0.15, -0.1) is 0 Å². The molecule has 0 aromatic heterocycles. The third-order valence-electron chi connectivity index (χ3n) is 3.00. The molecule has 0 radical (unpaired) electrons. The van der Waals surface area contributed by atoms with E-state index in [2.05, 4.69) is 15.9 Å². The topological polar surface area (TPSA) is 167 Å². The fraction of sp³-hybridized carbons (Fsp3) is 0.125. The molecular formula is C16H17BrN2O8S2. The Morgan fingerprint density at radius 2 is 1.10 bits per heavy atom. The highest BCUT2D eigenvalue weighted by Crippen LogP contribution is 2.14. The van der Waals surface area contributed by atoms with Crippen molar-refractivity contribution in [2.45, 2.75) is 9.79 Å². The van der Waals surface area contributed by atoms with Gasteiger partial charge in [0.05, 0.1) is 9.79 Å². The third-order valence-corrected chi connectivity index (χ3v) is 6.37. The molecule has 0 aliphatic rings. The molecule has 0 fully saturated rings. The summed E-state index contributed by atoms with van der Waals surface area (Å²) in [5, 5.41) is 16.6. The van der Waals surface area contributed by atoms with Gasteiger partial charge in [-0.05, 0) is 36.4 Å². The van der Waals surface area contributed by atoms with Crippen molar-refractivity contribution in [1.82, 2.24) is 9.44 Å². The molecule has 0 heterocycles. The highest BCUT2D eigenvalue weighted by atomic mass is 79.9. The second-order valence-corrected chi connectivity index (χ2v) is 9.65. The molecule has 0 atom stereocenters. The second kappa shape index (κ2) is 11.0. The van der Waals surface area contributed by atoms with Crippen LogP contribution in [0.15, 0.2) is 68.9 Å². The predicted molar refractivity (Wildman–Crippen MR) is 106 cm³/mol. The monoisotopic (exact) mass is 508 g/mol. The van der Waals surface area contributed by atoms with Crippen LogP contribution in [-0.4, -0.2) is 52.1 Å². The summed E-state index contributed by atoms with van der Waals surface area (Å²) in [6.45, 7) is -1.24. The molecule has 0 aliphatic heterocycles. The first-order valence-electron chi connectivity index (χ1n) is 7.67. The molecule has 4 N–H and O–H groups in total. The Morgan fingerprint density at radius 1 is 0.724 bits per heavy atom. The van der Waals surface area contributed by atoms with Crippen LogP contribution in [0.25, 0.3) is 0 Å². The van der Waals surface area contributed by atoms with Gasteiger partial charge >= 0.3 is 11.9 Å². The van der Waals surface area contributed by atoms with E-state index < -0.39 is 45.1 Å². The molecular weight excluding hydrogens is 492 g/mol. The minimum absolute atomic E-state index is 0.0342. The zero-order chi connectivity index (χ0) is 22.1. The quantitative estimate of drug-likeness (QED) is 0.407. The van der Waals surface area contributed by atoms with Crippen molar-refractivity contribution in [3.8, 4) is 0 Å². The van der Waals surface area contributed by atoms with E-state index in [1.54, 1.807) is 30.3 Å². The van der Waals surface area contributed by atoms with Crippen LogP contribution in [0.5, 0.6) is 0 Å². The van der Waals surface area contributed by atoms with Gasteiger partial charge in [0.2, 0.25) is 20.0 Å². The first-order chi connectivity index (χ1) is 13.4. The van der Waals surface area contributed by atoms with Crippen molar-refractivity contribution < 1.29 is 36.6 Å². The second-order valence-electron chi connectivity index (χ2n) is 5.20. The van der Waals surface area contributed by atoms with E-state index in [1.807, 2.05) is 9.44 Å². The number of halogens is 1. The molecule has 2 rings (SSSR count). The largest absolute Gasteiger partial charge is 0.480 e. The predicted octanol–water partition coefficient (Wildman–Crippen LogP) is 0.862. The first kappa shape index (κ1) is 24.7. The van der Waals surface area contributed by atoms with Crippen molar-refractivity contribution in [1.29, 1.82) is 0 Å². The Kier molecular flexibility index (Phi) is 9.39. The van der Waals surface area contributed by atoms with Gasteiger partial charge < -0.3 is 10.2 Å². The van der Waals surface area contributed by atoms with Gasteiger partial charge in [-0.1, -0.05) is 34.1 Å². The van der Waals surface area contributed by atoms with Crippen molar-refractivity contribution in [2.24, 2.45) is 0 Å². The van der Waals surface area contributed by atoms with Crippen LogP contribution >= 0.6 is 15.9 Å². The zero-order valence-electron chi connectivity index (χ0n) is 14.6. The van der Waals surface area contributed by atoms with Crippen LogP contribution in [0.1, 0.15) is 0 Å². The van der Waals surface area contributed by atoms with Crippen molar-refractivity contribution in [3.63, 3.8) is 0 Å². The minimum Gasteiger partial charge on any atom is -0.480 e. The molecule has 0 saturated carbocycles. The first-order valence-corrected chi connectivity index (χ1v) is 11.4. The van der Waals surface area contributed by atoms with E-state index in [0.29, 0.717) is 0 Å². The zero-order valence-corrected chi connectivity index (χ0v) is 17.9. The van der Waals surface area contributed by atoms with Gasteiger partial charge in [0.1, 0.15) is 13.1 Å². The van der Waals surface area contributed by atoms with Crippen LogP contribution in [0.3, 0.4) is 0 Å². The summed E-state index contributed by atoms with van der Waals surface area (Å²) in [6, 6.07) is 13.5. The Bertz CT molecular complexity index is 1040. The molecule has 158 valence electrons. The lowest BCUT2D eigenvalue weighted by Gasteiger charge is -2.03. The van der Waals surface area contributed by atoms with Gasteiger partial charge in [0, 0.05) is 4.47 Å². The Balaban J connectivity index is 0.000000291. The lowest BCUT2D eigenvalue weighted by molar-refractivity contribution is -0.136. The molecule has 0 amide bonds. The third kappa shape index (κ3) is 9.15. The van der Waals surface area contributed by atoms with Crippen molar-refractivity contribution in [3.05, 3.63) is 59.1 Å². The molecule has 2 aromatic rings. The number of hydrogen-bond donors (Lipinski definition) is 4. The Labute approximate surface area is 175 Å². The summed E-state index contributed by atoms with van der Waals surface area (Å²) < 4.78 is 50.3. The van der Waals surface area contributed by atoms with Gasteiger partial charge in [0.15, 0.2) is 0 Å². The van der Waals surface area contributed by atoms with Crippen LogP contribution in [0, 0.1) is 0 Å². The number of carboxylic acids is 2. The summed E-state index contributed by atoms with van der Waals surface area (Å²) in [5.41, 5.74) is 0. The van der Waals surface area contributed by atoms with Crippen molar-refractivity contribution in [2.75, 3.05) is 13.1 Å². The number of nitrogens with one attached hydrogen (secondary N) is 2. The van der Waals surface area contributed by atoms with E-state index in [-0.39, 0.29) is 9.79 Å². The molecule has 10 nitrogen and oxygen atoms in total. The highest BCUT2D eigenvalue weighted by molar-refractivity contribution is 9.10. The van der Waals surface area contributed by atoms with Crippen LogP contribution < -0.4 is 9.44 Å². The van der Waals surface area contributed by atoms with Gasteiger partial charge in [-0.2, -0.15) is 9.44 Å². The molecule has 0 saturated heterocycles. The smallest absolute Gasteiger partial charge is 0.318 e. The van der Waals surface area contributed by atoms with E-state index in [0.717, 1.165) is 4.47 Å². The van der Waals surface area contributed by atoms with Gasteiger partial charge in [0.25, 0.3) is 0 Å². The Hall–Kier alpha value is -2.32. The summed E-state index contributed by atoms with van der Waals surface area (Å²) >= 11 is 3.17. The molecule has 2 aromatic carbocycles. The summed E-state index contributed by atoms with van der Waals surface area (Å²) in [4.78, 5) is 20.4. The van der Waals surface area contributed by atoms with Gasteiger partial charge in [-0.25, -0.2) is 16.8 Å². The fourth-order valence-electron chi connectivity index (χ4n) is 1.69. The van der Waals surface area contributed by atoms with Crippen LogP contribution in [-0.2, 0) is 29.6 Å². The number of sulfonamides is 2. The standard InChI is InChI=1S/C8H8BrNO4S.C8H9NO4S/c9-6-1-3-7(4-2-6)15(13,14)10-5-8(11)12;10-8(11)6-9-14(12,13)7-4-2-1-3-5-7/h1-4,10H,5H2,(H,11,12);1-5,9H,6H2,(H,10,11). The van der Waals surface area contributed by atoms with Crippen molar-refractivity contribution >= 4 is 47.9 Å². The number of carbonyl (C=O) groups is 2.